The van der Waals surface area contributed by atoms with E-state index >= 15 is 0 Å². The van der Waals surface area contributed by atoms with Crippen LogP contribution in [-0.2, 0) is 4.74 Å². The molecule has 0 bridgehead atoms. The van der Waals surface area contributed by atoms with Crippen molar-refractivity contribution >= 4 is 17.1 Å². The fraction of sp³-hybridized carbons (Fsp3) is 0.417. The highest BCUT2D eigenvalue weighted by Gasteiger charge is 2.25. The minimum Gasteiger partial charge on any atom is -0.491 e. The molecule has 1 amide bonds. The van der Waals surface area contributed by atoms with Crippen molar-refractivity contribution in [2.24, 2.45) is 0 Å². The molecule has 0 atom stereocenters. The second-order valence-electron chi connectivity index (χ2n) is 8.76. The molecular weight excluding hydrogens is 392 g/mol. The van der Waals surface area contributed by atoms with E-state index in [9.17, 15) is 4.79 Å². The van der Waals surface area contributed by atoms with Gasteiger partial charge in [0, 0.05) is 32.7 Å². The van der Waals surface area contributed by atoms with E-state index in [1.54, 1.807) is 4.90 Å². The first-order valence-corrected chi connectivity index (χ1v) is 10.8. The van der Waals surface area contributed by atoms with Crippen LogP contribution in [0.4, 0.5) is 4.79 Å². The van der Waals surface area contributed by atoms with Crippen LogP contribution in [0.2, 0.25) is 0 Å². The maximum absolute atomic E-state index is 12.2. The number of piperazine rings is 1. The Labute approximate surface area is 183 Å². The van der Waals surface area contributed by atoms with Crippen molar-refractivity contribution in [2.45, 2.75) is 26.4 Å². The molecule has 0 unspecified atom stereocenters. The maximum atomic E-state index is 12.2. The number of fused-ring (bicyclic) bond motifs is 1. The summed E-state index contributed by atoms with van der Waals surface area (Å²) in [6.45, 7) is 10.0. The molecule has 164 valence electrons. The maximum Gasteiger partial charge on any atom is 0.410 e. The smallest absolute Gasteiger partial charge is 0.410 e. The van der Waals surface area contributed by atoms with Crippen LogP contribution in [0.1, 0.15) is 20.8 Å². The minimum absolute atomic E-state index is 0.233. The van der Waals surface area contributed by atoms with Crippen molar-refractivity contribution in [1.29, 1.82) is 0 Å². The number of hydrogen-bond donors (Lipinski definition) is 1. The van der Waals surface area contributed by atoms with Crippen molar-refractivity contribution < 1.29 is 14.3 Å². The number of nitrogens with zero attached hydrogens (tertiary/aromatic N) is 3. The normalized spacial score (nSPS) is 15.3. The highest BCUT2D eigenvalue weighted by Crippen LogP contribution is 2.29. The molecule has 1 saturated heterocycles. The SMILES string of the molecule is CC(C)(C)OC(=O)N1CCN(CCOc2ccccc2-c2nc3ccccc3[nH]2)CC1. The number of ether oxygens (including phenoxy) is 2. The molecule has 7 nitrogen and oxygen atoms in total. The van der Waals surface area contributed by atoms with E-state index < -0.39 is 5.60 Å². The zero-order chi connectivity index (χ0) is 21.8. The number of para-hydroxylation sites is 3. The van der Waals surface area contributed by atoms with Crippen molar-refractivity contribution in [3.8, 4) is 17.1 Å². The predicted molar refractivity (Wildman–Crippen MR) is 121 cm³/mol. The fourth-order valence-electron chi connectivity index (χ4n) is 3.63. The van der Waals surface area contributed by atoms with Gasteiger partial charge in [0.25, 0.3) is 0 Å². The molecule has 1 aliphatic rings. The third kappa shape index (κ3) is 5.35. The summed E-state index contributed by atoms with van der Waals surface area (Å²) < 4.78 is 11.6. The summed E-state index contributed by atoms with van der Waals surface area (Å²) in [7, 11) is 0. The van der Waals surface area contributed by atoms with E-state index in [1.807, 2.05) is 69.3 Å². The number of carbonyl (C=O) groups excluding carboxylic acids is 1. The van der Waals surface area contributed by atoms with Gasteiger partial charge in [-0.15, -0.1) is 0 Å². The number of aromatic amines is 1. The van der Waals surface area contributed by atoms with Crippen LogP contribution in [0.25, 0.3) is 22.4 Å². The lowest BCUT2D eigenvalue weighted by Crippen LogP contribution is -2.50. The molecule has 0 saturated carbocycles. The Balaban J connectivity index is 1.31. The minimum atomic E-state index is -0.463. The molecule has 31 heavy (non-hydrogen) atoms. The summed E-state index contributed by atoms with van der Waals surface area (Å²) in [4.78, 5) is 24.4. The molecule has 3 aromatic rings. The van der Waals surface area contributed by atoms with Gasteiger partial charge in [0.15, 0.2) is 0 Å². The first-order chi connectivity index (χ1) is 14.9. The second-order valence-corrected chi connectivity index (χ2v) is 8.76. The summed E-state index contributed by atoms with van der Waals surface area (Å²) >= 11 is 0. The van der Waals surface area contributed by atoms with Crippen molar-refractivity contribution in [2.75, 3.05) is 39.3 Å². The number of imidazole rings is 1. The lowest BCUT2D eigenvalue weighted by molar-refractivity contribution is 0.0137. The number of H-pyrrole nitrogens is 1. The molecule has 0 aliphatic carbocycles. The molecule has 1 aliphatic heterocycles. The Morgan fingerprint density at radius 3 is 2.48 bits per heavy atom. The van der Waals surface area contributed by atoms with E-state index in [2.05, 4.69) is 9.88 Å². The van der Waals surface area contributed by atoms with Gasteiger partial charge in [-0.05, 0) is 45.0 Å². The molecule has 1 fully saturated rings. The molecule has 2 heterocycles. The van der Waals surface area contributed by atoms with Crippen LogP contribution in [0.15, 0.2) is 48.5 Å². The van der Waals surface area contributed by atoms with E-state index in [0.29, 0.717) is 19.7 Å². The van der Waals surface area contributed by atoms with Crippen LogP contribution in [0.5, 0.6) is 5.75 Å². The topological polar surface area (TPSA) is 70.7 Å². The Bertz CT molecular complexity index is 999. The van der Waals surface area contributed by atoms with Gasteiger partial charge in [0.2, 0.25) is 0 Å². The third-order valence-corrected chi connectivity index (χ3v) is 5.22. The molecule has 1 N–H and O–H groups in total. The fourth-order valence-corrected chi connectivity index (χ4v) is 3.63. The van der Waals surface area contributed by atoms with Gasteiger partial charge in [0.1, 0.15) is 23.8 Å². The number of nitrogens with one attached hydrogen (secondary N) is 1. The largest absolute Gasteiger partial charge is 0.491 e. The van der Waals surface area contributed by atoms with Crippen LogP contribution in [0, 0.1) is 0 Å². The number of rotatable bonds is 5. The number of benzene rings is 2. The molecule has 1 aromatic heterocycles. The van der Waals surface area contributed by atoms with Gasteiger partial charge in [0.05, 0.1) is 16.6 Å². The van der Waals surface area contributed by atoms with Gasteiger partial charge in [-0.2, -0.15) is 0 Å². The van der Waals surface area contributed by atoms with Crippen molar-refractivity contribution in [3.63, 3.8) is 0 Å². The summed E-state index contributed by atoms with van der Waals surface area (Å²) in [6, 6.07) is 16.0. The summed E-state index contributed by atoms with van der Waals surface area (Å²) in [5.74, 6) is 1.62. The van der Waals surface area contributed by atoms with Crippen LogP contribution >= 0.6 is 0 Å². The van der Waals surface area contributed by atoms with E-state index in [1.165, 1.54) is 0 Å². The third-order valence-electron chi connectivity index (χ3n) is 5.22. The first-order valence-electron chi connectivity index (χ1n) is 10.8. The summed E-state index contributed by atoms with van der Waals surface area (Å²) in [5.41, 5.74) is 2.44. The van der Waals surface area contributed by atoms with Crippen molar-refractivity contribution in [3.05, 3.63) is 48.5 Å². The van der Waals surface area contributed by atoms with Gasteiger partial charge >= 0.3 is 6.09 Å². The number of hydrogen-bond acceptors (Lipinski definition) is 5. The monoisotopic (exact) mass is 422 g/mol. The van der Waals surface area contributed by atoms with Crippen LogP contribution in [0.3, 0.4) is 0 Å². The number of carbonyl (C=O) groups is 1. The van der Waals surface area contributed by atoms with Crippen LogP contribution in [-0.4, -0.2) is 70.8 Å². The Morgan fingerprint density at radius 1 is 1.03 bits per heavy atom. The molecule has 4 rings (SSSR count). The van der Waals surface area contributed by atoms with E-state index in [4.69, 9.17) is 14.5 Å². The van der Waals surface area contributed by atoms with Gasteiger partial charge < -0.3 is 19.4 Å². The highest BCUT2D eigenvalue weighted by molar-refractivity contribution is 5.80. The number of aromatic nitrogens is 2. The van der Waals surface area contributed by atoms with Crippen LogP contribution < -0.4 is 4.74 Å². The zero-order valence-corrected chi connectivity index (χ0v) is 18.4. The molecule has 2 aromatic carbocycles. The van der Waals surface area contributed by atoms with Crippen molar-refractivity contribution in [1.82, 2.24) is 19.8 Å². The Morgan fingerprint density at radius 2 is 1.74 bits per heavy atom. The van der Waals surface area contributed by atoms with Gasteiger partial charge in [-0.3, -0.25) is 4.90 Å². The second kappa shape index (κ2) is 8.98. The quantitative estimate of drug-likeness (QED) is 0.669. The van der Waals surface area contributed by atoms with E-state index in [0.717, 1.165) is 47.8 Å². The molecule has 7 heteroatoms. The lowest BCUT2D eigenvalue weighted by atomic mass is 10.2. The standard InChI is InChI=1S/C24H30N4O3/c1-24(2,3)31-23(29)28-14-12-27(13-15-28)16-17-30-21-11-7-4-8-18(21)22-25-19-9-5-6-10-20(19)26-22/h4-11H,12-17H2,1-3H3,(H,25,26). The average molecular weight is 423 g/mol. The van der Waals surface area contributed by atoms with E-state index in [-0.39, 0.29) is 6.09 Å². The number of amides is 1. The average Bonchev–Trinajstić information content (AvgIpc) is 3.17. The van der Waals surface area contributed by atoms with Gasteiger partial charge in [-0.1, -0.05) is 24.3 Å². The molecule has 0 spiro atoms. The molecule has 0 radical (unpaired) electrons. The summed E-state index contributed by atoms with van der Waals surface area (Å²) in [6.07, 6.45) is -0.233. The zero-order valence-electron chi connectivity index (χ0n) is 18.4. The predicted octanol–water partition coefficient (Wildman–Crippen LogP) is 4.16. The Kier molecular flexibility index (Phi) is 6.13. The molecular formula is C24H30N4O3. The summed E-state index contributed by atoms with van der Waals surface area (Å²) in [5, 5.41) is 0. The van der Waals surface area contributed by atoms with Gasteiger partial charge in [-0.25, -0.2) is 9.78 Å². The lowest BCUT2D eigenvalue weighted by Gasteiger charge is -2.35. The highest BCUT2D eigenvalue weighted by atomic mass is 16.6. The first kappa shape index (κ1) is 21.2. The Hall–Kier alpha value is -3.06.